The van der Waals surface area contributed by atoms with Gasteiger partial charge in [0.2, 0.25) is 0 Å². The summed E-state index contributed by atoms with van der Waals surface area (Å²) in [6.07, 6.45) is 1.34. The summed E-state index contributed by atoms with van der Waals surface area (Å²) in [5, 5.41) is -0.138. The summed E-state index contributed by atoms with van der Waals surface area (Å²) < 4.78 is 17.4. The molecule has 0 amide bonds. The molecule has 0 spiro atoms. The maximum atomic E-state index is 12.4. The first-order valence-corrected chi connectivity index (χ1v) is 7.41. The van der Waals surface area contributed by atoms with Crippen LogP contribution >= 0.6 is 7.14 Å². The highest BCUT2D eigenvalue weighted by molar-refractivity contribution is 7.64. The zero-order chi connectivity index (χ0) is 11.6. The lowest BCUT2D eigenvalue weighted by Gasteiger charge is -2.37. The number of methoxy groups -OCH3 is 1. The van der Waals surface area contributed by atoms with E-state index in [9.17, 15) is 4.57 Å². The molecule has 0 N–H and O–H groups in total. The fourth-order valence-corrected chi connectivity index (χ4v) is 3.54. The van der Waals surface area contributed by atoms with E-state index in [0.717, 1.165) is 6.42 Å². The average Bonchev–Trinajstić information content (AvgIpc) is 1.79. The minimum Gasteiger partial charge on any atom is -0.377 e. The van der Waals surface area contributed by atoms with E-state index in [1.165, 1.54) is 0 Å². The Labute approximate surface area is 88.8 Å². The van der Waals surface area contributed by atoms with Gasteiger partial charge in [-0.15, -0.1) is 0 Å². The van der Waals surface area contributed by atoms with Crippen LogP contribution in [0.15, 0.2) is 0 Å². The summed E-state index contributed by atoms with van der Waals surface area (Å²) in [4.78, 5) is 0. The van der Waals surface area contributed by atoms with E-state index in [1.807, 2.05) is 6.66 Å². The zero-order valence-corrected chi connectivity index (χ0v) is 11.6. The minimum atomic E-state index is -2.21. The van der Waals surface area contributed by atoms with Crippen molar-refractivity contribution in [1.82, 2.24) is 0 Å². The van der Waals surface area contributed by atoms with E-state index >= 15 is 0 Å². The standard InChI is InChI=1S/C11H25O2P/c1-10(2,3)8-11(4,5)14(7,12)9-13-6/h8-9H2,1-7H3. The Hall–Kier alpha value is 0.190. The summed E-state index contributed by atoms with van der Waals surface area (Å²) in [6.45, 7) is 12.6. The van der Waals surface area contributed by atoms with Crippen molar-refractivity contribution in [3.05, 3.63) is 0 Å². The summed E-state index contributed by atoms with van der Waals surface area (Å²) >= 11 is 0. The molecule has 0 bridgehead atoms. The fourth-order valence-electron chi connectivity index (χ4n) is 1.89. The van der Waals surface area contributed by atoms with Gasteiger partial charge in [-0.1, -0.05) is 34.6 Å². The van der Waals surface area contributed by atoms with Gasteiger partial charge in [0.1, 0.15) is 7.14 Å². The molecule has 0 aliphatic rings. The molecule has 2 nitrogen and oxygen atoms in total. The van der Waals surface area contributed by atoms with E-state index in [-0.39, 0.29) is 10.6 Å². The molecule has 86 valence electrons. The van der Waals surface area contributed by atoms with Crippen molar-refractivity contribution >= 4 is 7.14 Å². The normalized spacial score (nSPS) is 17.9. The van der Waals surface area contributed by atoms with Crippen molar-refractivity contribution in [3.8, 4) is 0 Å². The monoisotopic (exact) mass is 220 g/mol. The van der Waals surface area contributed by atoms with Gasteiger partial charge in [0.05, 0.1) is 6.35 Å². The van der Waals surface area contributed by atoms with Crippen LogP contribution in [0.5, 0.6) is 0 Å². The van der Waals surface area contributed by atoms with Gasteiger partial charge in [-0.3, -0.25) is 0 Å². The Kier molecular flexibility index (Phi) is 4.42. The van der Waals surface area contributed by atoms with Crippen LogP contribution in [0.2, 0.25) is 0 Å². The molecule has 0 aromatic rings. The topological polar surface area (TPSA) is 26.3 Å². The highest BCUT2D eigenvalue weighted by atomic mass is 31.2. The molecule has 0 fully saturated rings. The third kappa shape index (κ3) is 4.14. The van der Waals surface area contributed by atoms with Crippen LogP contribution < -0.4 is 0 Å². The van der Waals surface area contributed by atoms with Gasteiger partial charge < -0.3 is 9.30 Å². The summed E-state index contributed by atoms with van der Waals surface area (Å²) in [6, 6.07) is 0. The third-order valence-electron chi connectivity index (χ3n) is 2.62. The van der Waals surface area contributed by atoms with E-state index in [0.29, 0.717) is 6.35 Å². The molecule has 1 atom stereocenters. The van der Waals surface area contributed by atoms with Crippen LogP contribution in [0, 0.1) is 5.41 Å². The second-order valence-corrected chi connectivity index (χ2v) is 9.74. The van der Waals surface area contributed by atoms with E-state index in [2.05, 4.69) is 34.6 Å². The molecule has 0 heterocycles. The minimum absolute atomic E-state index is 0.138. The molecule has 0 aliphatic heterocycles. The highest BCUT2D eigenvalue weighted by Crippen LogP contribution is 2.58. The van der Waals surface area contributed by atoms with Gasteiger partial charge in [-0.25, -0.2) is 0 Å². The Morgan fingerprint density at radius 2 is 1.57 bits per heavy atom. The lowest BCUT2D eigenvalue weighted by atomic mass is 9.86. The Balaban J connectivity index is 4.69. The Bertz CT molecular complexity index is 226. The molecule has 0 rings (SSSR count). The lowest BCUT2D eigenvalue weighted by molar-refractivity contribution is 0.242. The van der Waals surface area contributed by atoms with Crippen molar-refractivity contribution < 1.29 is 9.30 Å². The molecule has 1 unspecified atom stereocenters. The summed E-state index contributed by atoms with van der Waals surface area (Å²) in [5.74, 6) is 0. The van der Waals surface area contributed by atoms with Crippen LogP contribution in [-0.4, -0.2) is 25.3 Å². The molecule has 0 aromatic carbocycles. The Morgan fingerprint density at radius 1 is 1.14 bits per heavy atom. The van der Waals surface area contributed by atoms with Crippen molar-refractivity contribution in [3.63, 3.8) is 0 Å². The molecule has 14 heavy (non-hydrogen) atoms. The van der Waals surface area contributed by atoms with Crippen LogP contribution in [-0.2, 0) is 9.30 Å². The van der Waals surface area contributed by atoms with Gasteiger partial charge >= 0.3 is 0 Å². The van der Waals surface area contributed by atoms with Gasteiger partial charge in [-0.05, 0) is 18.5 Å². The lowest BCUT2D eigenvalue weighted by Crippen LogP contribution is -2.28. The quantitative estimate of drug-likeness (QED) is 0.674. The molecular weight excluding hydrogens is 195 g/mol. The molecule has 0 aliphatic carbocycles. The van der Waals surface area contributed by atoms with Gasteiger partial charge in [0.15, 0.2) is 0 Å². The van der Waals surface area contributed by atoms with Crippen LogP contribution in [0.25, 0.3) is 0 Å². The fraction of sp³-hybridized carbons (Fsp3) is 1.00. The third-order valence-corrected chi connectivity index (χ3v) is 6.09. The first kappa shape index (κ1) is 14.2. The SMILES string of the molecule is COCP(C)(=O)C(C)(C)CC(C)(C)C. The molecule has 0 saturated heterocycles. The maximum absolute atomic E-state index is 12.4. The van der Waals surface area contributed by atoms with E-state index in [4.69, 9.17) is 4.74 Å². The average molecular weight is 220 g/mol. The number of hydrogen-bond acceptors (Lipinski definition) is 2. The second-order valence-electron chi connectivity index (χ2n) is 6.07. The van der Waals surface area contributed by atoms with Crippen molar-refractivity contribution in [1.29, 1.82) is 0 Å². The molecule has 0 saturated carbocycles. The van der Waals surface area contributed by atoms with Crippen molar-refractivity contribution in [2.24, 2.45) is 5.41 Å². The molecule has 0 aromatic heterocycles. The van der Waals surface area contributed by atoms with E-state index in [1.54, 1.807) is 7.11 Å². The molecular formula is C11H25O2P. The number of ether oxygens (including phenoxy) is 1. The predicted molar refractivity (Wildman–Crippen MR) is 63.6 cm³/mol. The summed E-state index contributed by atoms with van der Waals surface area (Å²) in [5.41, 5.74) is 0.211. The molecule has 0 radical (unpaired) electrons. The first-order valence-electron chi connectivity index (χ1n) is 5.07. The maximum Gasteiger partial charge on any atom is 0.114 e. The Morgan fingerprint density at radius 3 is 1.86 bits per heavy atom. The largest absolute Gasteiger partial charge is 0.377 e. The number of rotatable bonds is 4. The van der Waals surface area contributed by atoms with Gasteiger partial charge in [0, 0.05) is 12.3 Å². The second kappa shape index (κ2) is 4.37. The highest BCUT2D eigenvalue weighted by Gasteiger charge is 2.38. The predicted octanol–water partition coefficient (Wildman–Crippen LogP) is 3.80. The first-order chi connectivity index (χ1) is 6.02. The summed E-state index contributed by atoms with van der Waals surface area (Å²) in [7, 11) is -0.600. The van der Waals surface area contributed by atoms with Gasteiger partial charge in [-0.2, -0.15) is 0 Å². The zero-order valence-electron chi connectivity index (χ0n) is 10.7. The van der Waals surface area contributed by atoms with Gasteiger partial charge in [0.25, 0.3) is 0 Å². The van der Waals surface area contributed by atoms with Crippen LogP contribution in [0.1, 0.15) is 41.0 Å². The smallest absolute Gasteiger partial charge is 0.114 e. The van der Waals surface area contributed by atoms with Crippen molar-refractivity contribution in [2.45, 2.75) is 46.2 Å². The molecule has 3 heteroatoms. The van der Waals surface area contributed by atoms with E-state index < -0.39 is 7.14 Å². The van der Waals surface area contributed by atoms with Crippen molar-refractivity contribution in [2.75, 3.05) is 20.1 Å². The number of hydrogen-bond donors (Lipinski definition) is 0. The van der Waals surface area contributed by atoms with Crippen LogP contribution in [0.4, 0.5) is 0 Å². The van der Waals surface area contributed by atoms with Crippen LogP contribution in [0.3, 0.4) is 0 Å².